The molecule has 2 saturated carbocycles. The van der Waals surface area contributed by atoms with Crippen LogP contribution in [0.5, 0.6) is 5.75 Å². The number of rotatable bonds is 2. The van der Waals surface area contributed by atoms with Crippen LogP contribution in [0.15, 0.2) is 18.2 Å². The first kappa shape index (κ1) is 16.6. The zero-order valence-electron chi connectivity index (χ0n) is 15.0. The number of carbonyl (C=O) groups is 2. The second-order valence-corrected chi connectivity index (χ2v) is 8.23. The Morgan fingerprint density at radius 3 is 2.88 bits per heavy atom. The maximum atomic E-state index is 12.7. The van der Waals surface area contributed by atoms with Crippen molar-refractivity contribution in [3.05, 3.63) is 29.3 Å². The Balaban J connectivity index is 1.65. The van der Waals surface area contributed by atoms with E-state index in [2.05, 4.69) is 6.92 Å². The number of hydrogen-bond donors (Lipinski definition) is 1. The molecule has 4 nitrogen and oxygen atoms in total. The van der Waals surface area contributed by atoms with Gasteiger partial charge < -0.3 is 9.84 Å². The minimum atomic E-state index is -0.116. The number of Topliss-reactive ketones (excluding diaryl/α,β-unsaturated/α-hetero) is 1. The molecule has 0 aromatic heterocycles. The molecule has 0 aliphatic heterocycles. The number of carbonyl (C=O) groups excluding carboxylic acids is 2. The highest BCUT2D eigenvalue weighted by molar-refractivity contribution is 5.99. The van der Waals surface area contributed by atoms with Crippen LogP contribution in [0.4, 0.5) is 0 Å². The lowest BCUT2D eigenvalue weighted by Gasteiger charge is -2.50. The van der Waals surface area contributed by atoms with Crippen LogP contribution < -0.4 is 0 Å². The van der Waals surface area contributed by atoms with Crippen molar-refractivity contribution in [2.75, 3.05) is 0 Å². The molecule has 0 spiro atoms. The fourth-order valence-corrected chi connectivity index (χ4v) is 5.78. The number of hydrogen-bond acceptors (Lipinski definition) is 4. The van der Waals surface area contributed by atoms with Crippen LogP contribution in [0, 0.1) is 17.3 Å². The van der Waals surface area contributed by atoms with Crippen molar-refractivity contribution in [2.45, 2.75) is 64.4 Å². The summed E-state index contributed by atoms with van der Waals surface area (Å²) in [6.07, 6.45) is 4.93. The van der Waals surface area contributed by atoms with Gasteiger partial charge in [-0.1, -0.05) is 19.9 Å². The summed E-state index contributed by atoms with van der Waals surface area (Å²) < 4.78 is 5.77. The number of aromatic hydroxyl groups is 1. The molecule has 0 unspecified atom stereocenters. The molecule has 0 saturated heterocycles. The normalized spacial score (nSPS) is 36.3. The molecule has 0 heterocycles. The lowest BCUT2D eigenvalue weighted by molar-refractivity contribution is -0.157. The van der Waals surface area contributed by atoms with E-state index in [1.807, 2.05) is 13.0 Å². The Bertz CT molecular complexity index is 725. The van der Waals surface area contributed by atoms with Crippen molar-refractivity contribution in [1.82, 2.24) is 0 Å². The monoisotopic (exact) mass is 342 g/mol. The van der Waals surface area contributed by atoms with Crippen LogP contribution in [-0.4, -0.2) is 23.0 Å². The number of fused-ring (bicyclic) bond motifs is 5. The van der Waals surface area contributed by atoms with Crippen molar-refractivity contribution < 1.29 is 19.4 Å². The largest absolute Gasteiger partial charge is 0.508 e. The third-order valence-corrected chi connectivity index (χ3v) is 7.07. The predicted molar refractivity (Wildman–Crippen MR) is 93.5 cm³/mol. The lowest BCUT2D eigenvalue weighted by atomic mass is 9.55. The van der Waals surface area contributed by atoms with Crippen LogP contribution in [0.2, 0.25) is 0 Å². The molecule has 1 aromatic rings. The molecule has 0 radical (unpaired) electrons. The first-order chi connectivity index (χ1) is 11.9. The van der Waals surface area contributed by atoms with Crippen LogP contribution in [0.1, 0.15) is 74.2 Å². The first-order valence-corrected chi connectivity index (χ1v) is 9.49. The van der Waals surface area contributed by atoms with E-state index in [1.54, 1.807) is 12.1 Å². The summed E-state index contributed by atoms with van der Waals surface area (Å²) >= 11 is 0. The van der Waals surface area contributed by atoms with Gasteiger partial charge in [-0.05, 0) is 61.1 Å². The van der Waals surface area contributed by atoms with Crippen molar-refractivity contribution >= 4 is 11.8 Å². The summed E-state index contributed by atoms with van der Waals surface area (Å²) in [7, 11) is 0. The topological polar surface area (TPSA) is 63.6 Å². The fourth-order valence-electron chi connectivity index (χ4n) is 5.78. The zero-order chi connectivity index (χ0) is 17.8. The van der Waals surface area contributed by atoms with E-state index in [0.29, 0.717) is 36.2 Å². The molecule has 2 fully saturated rings. The van der Waals surface area contributed by atoms with E-state index in [-0.39, 0.29) is 29.0 Å². The molecule has 1 aromatic carbocycles. The van der Waals surface area contributed by atoms with E-state index >= 15 is 0 Å². The highest BCUT2D eigenvalue weighted by Gasteiger charge is 2.57. The van der Waals surface area contributed by atoms with Crippen LogP contribution in [0.3, 0.4) is 0 Å². The van der Waals surface area contributed by atoms with Crippen molar-refractivity contribution in [2.24, 2.45) is 17.3 Å². The Labute approximate surface area is 148 Å². The fraction of sp³-hybridized carbons (Fsp3) is 0.619. The second-order valence-electron chi connectivity index (χ2n) is 8.23. The summed E-state index contributed by atoms with van der Waals surface area (Å²) in [5.74, 6) is 1.32. The van der Waals surface area contributed by atoms with Gasteiger partial charge in [-0.15, -0.1) is 0 Å². The van der Waals surface area contributed by atoms with Crippen LogP contribution in [-0.2, 0) is 9.53 Å². The Kier molecular flexibility index (Phi) is 3.89. The van der Waals surface area contributed by atoms with E-state index < -0.39 is 0 Å². The molecule has 4 heteroatoms. The van der Waals surface area contributed by atoms with Gasteiger partial charge in [0.25, 0.3) is 0 Å². The van der Waals surface area contributed by atoms with E-state index in [0.717, 1.165) is 31.2 Å². The maximum absolute atomic E-state index is 12.7. The van der Waals surface area contributed by atoms with Gasteiger partial charge in [0.2, 0.25) is 0 Å². The molecule has 25 heavy (non-hydrogen) atoms. The molecular weight excluding hydrogens is 316 g/mol. The van der Waals surface area contributed by atoms with Crippen molar-refractivity contribution in [3.63, 3.8) is 0 Å². The molecule has 4 rings (SSSR count). The second kappa shape index (κ2) is 5.86. The molecule has 0 bridgehead atoms. The maximum Gasteiger partial charge on any atom is 0.305 e. The SMILES string of the molecule is CCC(=O)O[C@H]1CC[C@H]2[C@@H]3CC(=O)c4cc(O)ccc4[C@H]3CC[C@]12C. The van der Waals surface area contributed by atoms with Gasteiger partial charge in [-0.3, -0.25) is 9.59 Å². The van der Waals surface area contributed by atoms with Gasteiger partial charge in [-0.2, -0.15) is 0 Å². The summed E-state index contributed by atoms with van der Waals surface area (Å²) in [5, 5.41) is 9.73. The van der Waals surface area contributed by atoms with Gasteiger partial charge in [0, 0.05) is 23.8 Å². The zero-order valence-corrected chi connectivity index (χ0v) is 15.0. The number of phenolic OH excluding ortho intramolecular Hbond substituents is 1. The Hall–Kier alpha value is -1.84. The predicted octanol–water partition coefficient (Wildman–Crippen LogP) is 4.21. The molecule has 0 amide bonds. The van der Waals surface area contributed by atoms with Crippen LogP contribution in [0.25, 0.3) is 0 Å². The first-order valence-electron chi connectivity index (χ1n) is 9.49. The van der Waals surface area contributed by atoms with Gasteiger partial charge in [0.05, 0.1) is 0 Å². The number of ether oxygens (including phenoxy) is 1. The van der Waals surface area contributed by atoms with Gasteiger partial charge in [0.1, 0.15) is 11.9 Å². The van der Waals surface area contributed by atoms with Gasteiger partial charge in [0.15, 0.2) is 5.78 Å². The average molecular weight is 342 g/mol. The molecule has 1 N–H and O–H groups in total. The lowest BCUT2D eigenvalue weighted by Crippen LogP contribution is -2.46. The van der Waals surface area contributed by atoms with Crippen molar-refractivity contribution in [3.8, 4) is 5.75 Å². The minimum Gasteiger partial charge on any atom is -0.508 e. The Morgan fingerprint density at radius 2 is 2.12 bits per heavy atom. The third-order valence-electron chi connectivity index (χ3n) is 7.07. The number of benzene rings is 1. The number of esters is 1. The smallest absolute Gasteiger partial charge is 0.305 e. The molecule has 3 aliphatic rings. The summed E-state index contributed by atoms with van der Waals surface area (Å²) in [5.41, 5.74) is 1.80. The standard InChI is InChI=1S/C21H26O4/c1-3-20(24)25-19-7-6-17-15-11-18(23)16-10-12(22)4-5-13(16)14(15)8-9-21(17,19)2/h4-5,10,14-15,17,19,22H,3,6-9,11H2,1-2H3/t14-,15-,17+,19+,21+/m1/s1. The van der Waals surface area contributed by atoms with Crippen molar-refractivity contribution in [1.29, 1.82) is 0 Å². The Morgan fingerprint density at radius 1 is 1.32 bits per heavy atom. The molecule has 134 valence electrons. The highest BCUT2D eigenvalue weighted by Crippen LogP contribution is 2.61. The summed E-state index contributed by atoms with van der Waals surface area (Å²) in [6, 6.07) is 5.26. The van der Waals surface area contributed by atoms with Crippen LogP contribution >= 0.6 is 0 Å². The van der Waals surface area contributed by atoms with E-state index in [4.69, 9.17) is 4.74 Å². The quantitative estimate of drug-likeness (QED) is 0.818. The van der Waals surface area contributed by atoms with Gasteiger partial charge in [-0.25, -0.2) is 0 Å². The highest BCUT2D eigenvalue weighted by atomic mass is 16.5. The minimum absolute atomic E-state index is 0.0118. The molecule has 3 aliphatic carbocycles. The average Bonchev–Trinajstić information content (AvgIpc) is 2.92. The molecular formula is C21H26O4. The van der Waals surface area contributed by atoms with Gasteiger partial charge >= 0.3 is 5.97 Å². The number of ketones is 1. The number of phenols is 1. The van der Waals surface area contributed by atoms with E-state index in [9.17, 15) is 14.7 Å². The van der Waals surface area contributed by atoms with E-state index in [1.165, 1.54) is 0 Å². The third kappa shape index (κ3) is 2.49. The molecule has 5 atom stereocenters. The summed E-state index contributed by atoms with van der Waals surface area (Å²) in [4.78, 5) is 24.5. The summed E-state index contributed by atoms with van der Waals surface area (Å²) in [6.45, 7) is 4.09.